The summed E-state index contributed by atoms with van der Waals surface area (Å²) in [5.41, 5.74) is 2.50. The first kappa shape index (κ1) is 15.8. The van der Waals surface area contributed by atoms with E-state index in [1.807, 2.05) is 54.6 Å². The number of rotatable bonds is 4. The molecule has 0 bridgehead atoms. The van der Waals surface area contributed by atoms with Gasteiger partial charge < -0.3 is 15.0 Å². The molecule has 6 heteroatoms. The number of anilines is 2. The quantitative estimate of drug-likeness (QED) is 0.437. The molecule has 1 heterocycles. The van der Waals surface area contributed by atoms with E-state index in [0.717, 1.165) is 16.7 Å². The zero-order chi connectivity index (χ0) is 17.2. The van der Waals surface area contributed by atoms with Gasteiger partial charge in [0.25, 0.3) is 0 Å². The van der Waals surface area contributed by atoms with Gasteiger partial charge in [0, 0.05) is 10.0 Å². The van der Waals surface area contributed by atoms with Crippen LogP contribution in [0.4, 0.5) is 11.6 Å². The summed E-state index contributed by atoms with van der Waals surface area (Å²) >= 11 is 11.9. The van der Waals surface area contributed by atoms with E-state index in [9.17, 15) is 0 Å². The zero-order valence-electron chi connectivity index (χ0n) is 13.0. The van der Waals surface area contributed by atoms with Crippen molar-refractivity contribution in [3.8, 4) is 11.5 Å². The van der Waals surface area contributed by atoms with Gasteiger partial charge in [-0.15, -0.1) is 0 Å². The Morgan fingerprint density at radius 1 is 0.880 bits per heavy atom. The Balaban J connectivity index is 1.62. The van der Waals surface area contributed by atoms with Crippen LogP contribution in [-0.4, -0.2) is 9.97 Å². The monoisotopic (exact) mass is 369 g/mol. The number of H-pyrrole nitrogens is 1. The van der Waals surface area contributed by atoms with Gasteiger partial charge in [-0.3, -0.25) is 0 Å². The van der Waals surface area contributed by atoms with Crippen molar-refractivity contribution >= 4 is 45.9 Å². The van der Waals surface area contributed by atoms with Crippen molar-refractivity contribution in [2.24, 2.45) is 0 Å². The van der Waals surface area contributed by atoms with Gasteiger partial charge in [0.2, 0.25) is 5.95 Å². The summed E-state index contributed by atoms with van der Waals surface area (Å²) in [6.07, 6.45) is 0. The Kier molecular flexibility index (Phi) is 4.22. The number of fused-ring (bicyclic) bond motifs is 1. The average molecular weight is 370 g/mol. The number of para-hydroxylation sites is 2. The fraction of sp³-hybridized carbons (Fsp3) is 0. The van der Waals surface area contributed by atoms with Gasteiger partial charge in [0.05, 0.1) is 16.7 Å². The predicted molar refractivity (Wildman–Crippen MR) is 102 cm³/mol. The van der Waals surface area contributed by atoms with Crippen LogP contribution in [0.15, 0.2) is 66.7 Å². The summed E-state index contributed by atoms with van der Waals surface area (Å²) in [7, 11) is 0. The van der Waals surface area contributed by atoms with Crippen LogP contribution in [0.25, 0.3) is 11.0 Å². The molecule has 2 N–H and O–H groups in total. The molecule has 0 amide bonds. The number of halogens is 2. The Hall–Kier alpha value is -2.69. The minimum atomic E-state index is 0.615. The van der Waals surface area contributed by atoms with E-state index >= 15 is 0 Å². The van der Waals surface area contributed by atoms with Gasteiger partial charge in [-0.1, -0.05) is 35.3 Å². The zero-order valence-corrected chi connectivity index (χ0v) is 14.5. The number of benzene rings is 3. The van der Waals surface area contributed by atoms with E-state index in [-0.39, 0.29) is 0 Å². The number of imidazole rings is 1. The highest BCUT2D eigenvalue weighted by Gasteiger charge is 2.08. The van der Waals surface area contributed by atoms with Crippen molar-refractivity contribution in [3.05, 3.63) is 76.8 Å². The predicted octanol–water partition coefficient (Wildman–Crippen LogP) is 6.41. The lowest BCUT2D eigenvalue weighted by Gasteiger charge is -2.11. The van der Waals surface area contributed by atoms with Crippen LogP contribution in [0.1, 0.15) is 0 Å². The first-order valence-electron chi connectivity index (χ1n) is 7.62. The van der Waals surface area contributed by atoms with E-state index in [0.29, 0.717) is 27.5 Å². The lowest BCUT2D eigenvalue weighted by molar-refractivity contribution is 0.485. The Morgan fingerprint density at radius 3 is 2.48 bits per heavy atom. The molecular formula is C19H13Cl2N3O. The normalized spacial score (nSPS) is 10.8. The third-order valence-corrected chi connectivity index (χ3v) is 4.11. The highest BCUT2D eigenvalue weighted by atomic mass is 35.5. The highest BCUT2D eigenvalue weighted by Crippen LogP contribution is 2.32. The minimum absolute atomic E-state index is 0.615. The van der Waals surface area contributed by atoms with Crippen molar-refractivity contribution in [1.29, 1.82) is 0 Å². The van der Waals surface area contributed by atoms with Crippen LogP contribution in [0.3, 0.4) is 0 Å². The van der Waals surface area contributed by atoms with Crippen LogP contribution in [0.5, 0.6) is 11.5 Å². The summed E-state index contributed by atoms with van der Waals surface area (Å²) in [5, 5.41) is 4.58. The smallest absolute Gasteiger partial charge is 0.205 e. The van der Waals surface area contributed by atoms with Gasteiger partial charge in [0.15, 0.2) is 5.75 Å². The second kappa shape index (κ2) is 6.67. The third kappa shape index (κ3) is 3.55. The third-order valence-electron chi connectivity index (χ3n) is 3.63. The Morgan fingerprint density at radius 2 is 1.64 bits per heavy atom. The Bertz CT molecular complexity index is 1030. The second-order valence-electron chi connectivity index (χ2n) is 5.42. The molecule has 0 saturated carbocycles. The fourth-order valence-corrected chi connectivity index (χ4v) is 2.76. The minimum Gasteiger partial charge on any atom is -0.455 e. The van der Waals surface area contributed by atoms with E-state index in [4.69, 9.17) is 27.9 Å². The highest BCUT2D eigenvalue weighted by molar-refractivity contribution is 6.31. The van der Waals surface area contributed by atoms with Crippen molar-refractivity contribution in [2.45, 2.75) is 0 Å². The molecular weight excluding hydrogens is 357 g/mol. The van der Waals surface area contributed by atoms with E-state index < -0.39 is 0 Å². The second-order valence-corrected chi connectivity index (χ2v) is 6.30. The largest absolute Gasteiger partial charge is 0.455 e. The molecule has 4 nitrogen and oxygen atoms in total. The summed E-state index contributed by atoms with van der Waals surface area (Å²) in [5.74, 6) is 2.00. The molecule has 3 aromatic carbocycles. The van der Waals surface area contributed by atoms with Crippen LogP contribution in [0.2, 0.25) is 10.0 Å². The number of aromatic amines is 1. The lowest BCUT2D eigenvalue weighted by Crippen LogP contribution is -1.95. The topological polar surface area (TPSA) is 49.9 Å². The van der Waals surface area contributed by atoms with Gasteiger partial charge in [-0.25, -0.2) is 4.98 Å². The molecule has 0 aliphatic heterocycles. The molecule has 4 aromatic rings. The summed E-state index contributed by atoms with van der Waals surface area (Å²) in [4.78, 5) is 7.71. The van der Waals surface area contributed by atoms with Crippen LogP contribution < -0.4 is 10.1 Å². The van der Waals surface area contributed by atoms with Gasteiger partial charge in [-0.05, 0) is 54.6 Å². The molecule has 25 heavy (non-hydrogen) atoms. The standard InChI is InChI=1S/C19H13Cl2N3O/c20-12-5-8-14(9-6-12)25-18-4-2-1-3-16(18)23-19-22-15-10-7-13(21)11-17(15)24-19/h1-11H,(H2,22,23,24). The molecule has 4 rings (SSSR count). The van der Waals surface area contributed by atoms with Crippen molar-refractivity contribution in [1.82, 2.24) is 9.97 Å². The number of hydrogen-bond acceptors (Lipinski definition) is 3. The molecule has 1 aromatic heterocycles. The SMILES string of the molecule is Clc1ccc(Oc2ccccc2Nc2nc3ccc(Cl)cc3[nH]2)cc1. The number of hydrogen-bond donors (Lipinski definition) is 2. The molecule has 0 unspecified atom stereocenters. The van der Waals surface area contributed by atoms with Gasteiger partial charge in [0.1, 0.15) is 5.75 Å². The van der Waals surface area contributed by atoms with Crippen LogP contribution in [0, 0.1) is 0 Å². The number of nitrogens with one attached hydrogen (secondary N) is 2. The van der Waals surface area contributed by atoms with Gasteiger partial charge >= 0.3 is 0 Å². The fourth-order valence-electron chi connectivity index (χ4n) is 2.46. The molecule has 0 aliphatic rings. The summed E-state index contributed by atoms with van der Waals surface area (Å²) < 4.78 is 5.95. The van der Waals surface area contributed by atoms with Crippen LogP contribution >= 0.6 is 23.2 Å². The molecule has 0 radical (unpaired) electrons. The lowest BCUT2D eigenvalue weighted by atomic mass is 10.3. The number of aromatic nitrogens is 2. The first-order chi connectivity index (χ1) is 12.2. The number of ether oxygens (including phenoxy) is 1. The van der Waals surface area contributed by atoms with Crippen molar-refractivity contribution in [2.75, 3.05) is 5.32 Å². The maximum absolute atomic E-state index is 6.02. The molecule has 124 valence electrons. The average Bonchev–Trinajstić information content (AvgIpc) is 3.00. The summed E-state index contributed by atoms with van der Waals surface area (Å²) in [6, 6.07) is 20.4. The maximum Gasteiger partial charge on any atom is 0.205 e. The first-order valence-corrected chi connectivity index (χ1v) is 8.38. The van der Waals surface area contributed by atoms with E-state index in [1.54, 1.807) is 12.1 Å². The number of nitrogens with zero attached hydrogens (tertiary/aromatic N) is 1. The molecule has 0 atom stereocenters. The van der Waals surface area contributed by atoms with Crippen molar-refractivity contribution < 1.29 is 4.74 Å². The van der Waals surface area contributed by atoms with Gasteiger partial charge in [-0.2, -0.15) is 0 Å². The molecule has 0 aliphatic carbocycles. The van der Waals surface area contributed by atoms with E-state index in [2.05, 4.69) is 15.3 Å². The summed E-state index contributed by atoms with van der Waals surface area (Å²) in [6.45, 7) is 0. The Labute approximate surface area is 154 Å². The molecule has 0 fully saturated rings. The maximum atomic E-state index is 6.02. The van der Waals surface area contributed by atoms with E-state index in [1.165, 1.54) is 0 Å². The molecule has 0 saturated heterocycles. The molecule has 0 spiro atoms. The van der Waals surface area contributed by atoms with Crippen LogP contribution in [-0.2, 0) is 0 Å². The van der Waals surface area contributed by atoms with Crippen molar-refractivity contribution in [3.63, 3.8) is 0 Å².